The summed E-state index contributed by atoms with van der Waals surface area (Å²) in [6.45, 7) is 13.5. The third-order valence-corrected chi connectivity index (χ3v) is 5.05. The molecular formula is C17H32N2O2. The quantitative estimate of drug-likeness (QED) is 0.818. The molecule has 0 radical (unpaired) electrons. The van der Waals surface area contributed by atoms with Gasteiger partial charge in [0.2, 0.25) is 5.91 Å². The van der Waals surface area contributed by atoms with Crippen molar-refractivity contribution in [3.63, 3.8) is 0 Å². The number of ether oxygens (including phenoxy) is 1. The average Bonchev–Trinajstić information content (AvgIpc) is 2.94. The predicted octanol–water partition coefficient (Wildman–Crippen LogP) is 2.43. The Hall–Kier alpha value is -0.610. The third-order valence-electron chi connectivity index (χ3n) is 5.05. The maximum atomic E-state index is 12.4. The van der Waals surface area contributed by atoms with Crippen LogP contribution >= 0.6 is 0 Å². The summed E-state index contributed by atoms with van der Waals surface area (Å²) in [7, 11) is 0. The molecule has 1 saturated heterocycles. The van der Waals surface area contributed by atoms with Gasteiger partial charge in [0.25, 0.3) is 0 Å². The molecule has 1 aliphatic carbocycles. The van der Waals surface area contributed by atoms with Crippen molar-refractivity contribution in [2.45, 2.75) is 72.1 Å². The zero-order valence-corrected chi connectivity index (χ0v) is 14.3. The van der Waals surface area contributed by atoms with E-state index in [2.05, 4.69) is 33.0 Å². The minimum atomic E-state index is -0.0848. The summed E-state index contributed by atoms with van der Waals surface area (Å²) in [4.78, 5) is 14.4. The molecule has 3 unspecified atom stereocenters. The van der Waals surface area contributed by atoms with Crippen LogP contribution in [0.15, 0.2) is 0 Å². The number of nitrogens with zero attached hydrogens (tertiary/aromatic N) is 1. The van der Waals surface area contributed by atoms with Crippen molar-refractivity contribution in [3.8, 4) is 0 Å². The van der Waals surface area contributed by atoms with Crippen LogP contribution in [-0.4, -0.2) is 48.7 Å². The summed E-state index contributed by atoms with van der Waals surface area (Å²) in [5.74, 6) is 0.832. The Balaban J connectivity index is 1.79. The number of hydrogen-bond donors (Lipinski definition) is 1. The molecule has 0 spiro atoms. The molecule has 0 aromatic heterocycles. The maximum absolute atomic E-state index is 12.4. The minimum Gasteiger partial charge on any atom is -0.377 e. The molecule has 2 fully saturated rings. The van der Waals surface area contributed by atoms with Crippen LogP contribution < -0.4 is 5.32 Å². The van der Waals surface area contributed by atoms with Crippen LogP contribution in [0.25, 0.3) is 0 Å². The number of hydrogen-bond acceptors (Lipinski definition) is 3. The number of carbonyl (C=O) groups excluding carboxylic acids is 1. The molecule has 4 nitrogen and oxygen atoms in total. The Labute approximate surface area is 129 Å². The Bertz CT molecular complexity index is 362. The predicted molar refractivity (Wildman–Crippen MR) is 85.2 cm³/mol. The molecule has 0 aromatic rings. The van der Waals surface area contributed by atoms with Crippen LogP contribution in [0, 0.1) is 11.3 Å². The zero-order chi connectivity index (χ0) is 15.6. The molecule has 0 aromatic carbocycles. The second kappa shape index (κ2) is 6.66. The van der Waals surface area contributed by atoms with Crippen molar-refractivity contribution < 1.29 is 9.53 Å². The Morgan fingerprint density at radius 3 is 2.43 bits per heavy atom. The molecule has 122 valence electrons. The van der Waals surface area contributed by atoms with Crippen molar-refractivity contribution in [2.75, 3.05) is 19.7 Å². The minimum absolute atomic E-state index is 0.0848. The van der Waals surface area contributed by atoms with Gasteiger partial charge in [-0.2, -0.15) is 0 Å². The smallest absolute Gasteiger partial charge is 0.239 e. The monoisotopic (exact) mass is 296 g/mol. The van der Waals surface area contributed by atoms with Gasteiger partial charge in [-0.05, 0) is 32.1 Å². The van der Waals surface area contributed by atoms with E-state index in [1.54, 1.807) is 0 Å². The molecule has 2 rings (SSSR count). The molecule has 3 atom stereocenters. The van der Waals surface area contributed by atoms with Gasteiger partial charge < -0.3 is 15.0 Å². The van der Waals surface area contributed by atoms with Gasteiger partial charge in [0.1, 0.15) is 0 Å². The van der Waals surface area contributed by atoms with E-state index in [0.29, 0.717) is 18.1 Å². The topological polar surface area (TPSA) is 41.6 Å². The van der Waals surface area contributed by atoms with E-state index in [-0.39, 0.29) is 17.4 Å². The van der Waals surface area contributed by atoms with E-state index in [1.807, 2.05) is 11.8 Å². The van der Waals surface area contributed by atoms with Crippen molar-refractivity contribution in [1.82, 2.24) is 10.2 Å². The largest absolute Gasteiger partial charge is 0.377 e. The fourth-order valence-electron chi connectivity index (χ4n) is 3.34. The van der Waals surface area contributed by atoms with Crippen LogP contribution in [0.1, 0.15) is 53.9 Å². The Morgan fingerprint density at radius 1 is 1.29 bits per heavy atom. The molecule has 4 heteroatoms. The highest BCUT2D eigenvalue weighted by Crippen LogP contribution is 2.43. The zero-order valence-electron chi connectivity index (χ0n) is 14.3. The number of likely N-dealkylation sites (tertiary alicyclic amines) is 1. The molecule has 1 N–H and O–H groups in total. The van der Waals surface area contributed by atoms with E-state index in [9.17, 15) is 4.79 Å². The fourth-order valence-corrected chi connectivity index (χ4v) is 3.34. The van der Waals surface area contributed by atoms with E-state index in [1.165, 1.54) is 0 Å². The lowest BCUT2D eigenvalue weighted by Gasteiger charge is -2.53. The van der Waals surface area contributed by atoms with Gasteiger partial charge in [-0.1, -0.05) is 27.7 Å². The Kier molecular flexibility index (Phi) is 5.31. The lowest BCUT2D eigenvalue weighted by Crippen LogP contribution is -2.64. The fraction of sp³-hybridized carbons (Fsp3) is 0.941. The maximum Gasteiger partial charge on any atom is 0.239 e. The highest BCUT2D eigenvalue weighted by Gasteiger charge is 2.49. The molecular weight excluding hydrogens is 264 g/mol. The van der Waals surface area contributed by atoms with Gasteiger partial charge in [-0.25, -0.2) is 0 Å². The van der Waals surface area contributed by atoms with Crippen molar-refractivity contribution in [2.24, 2.45) is 11.3 Å². The van der Waals surface area contributed by atoms with Gasteiger partial charge >= 0.3 is 0 Å². The first kappa shape index (κ1) is 16.8. The van der Waals surface area contributed by atoms with E-state index in [0.717, 1.165) is 39.0 Å². The first-order chi connectivity index (χ1) is 9.82. The van der Waals surface area contributed by atoms with Crippen LogP contribution in [0.4, 0.5) is 0 Å². The number of amides is 1. The van der Waals surface area contributed by atoms with Crippen LogP contribution in [0.5, 0.6) is 0 Å². The van der Waals surface area contributed by atoms with Crippen molar-refractivity contribution in [1.29, 1.82) is 0 Å². The summed E-state index contributed by atoms with van der Waals surface area (Å²) in [5.41, 5.74) is 0.106. The summed E-state index contributed by atoms with van der Waals surface area (Å²) >= 11 is 0. The molecule has 1 amide bonds. The highest BCUT2D eigenvalue weighted by atomic mass is 16.5. The highest BCUT2D eigenvalue weighted by molar-refractivity contribution is 5.81. The molecule has 0 bridgehead atoms. The van der Waals surface area contributed by atoms with Crippen molar-refractivity contribution >= 4 is 5.91 Å². The van der Waals surface area contributed by atoms with Gasteiger partial charge in [0.05, 0.1) is 12.1 Å². The average molecular weight is 296 g/mol. The molecule has 21 heavy (non-hydrogen) atoms. The molecule has 2 aliphatic rings. The van der Waals surface area contributed by atoms with Gasteiger partial charge in [0.15, 0.2) is 0 Å². The number of nitrogens with one attached hydrogen (secondary N) is 1. The summed E-state index contributed by atoms with van der Waals surface area (Å²) in [5, 5.41) is 3.53. The summed E-state index contributed by atoms with van der Waals surface area (Å²) in [6, 6.07) is 0.287. The van der Waals surface area contributed by atoms with E-state index >= 15 is 0 Å². The molecule has 1 heterocycles. The van der Waals surface area contributed by atoms with E-state index < -0.39 is 0 Å². The first-order valence-electron chi connectivity index (χ1n) is 8.48. The van der Waals surface area contributed by atoms with E-state index in [4.69, 9.17) is 4.74 Å². The Morgan fingerprint density at radius 2 is 1.90 bits per heavy atom. The number of rotatable bonds is 6. The normalized spacial score (nSPS) is 29.5. The standard InChI is InChI=1S/C17H32N2O2/c1-12(2)11-21-15-10-14(17(15,4)5)18-13(3)16(20)19-8-6-7-9-19/h12-15,18H,6-11H2,1-5H3. The second-order valence-electron chi connectivity index (χ2n) is 7.75. The number of carbonyl (C=O) groups is 1. The van der Waals surface area contributed by atoms with Crippen LogP contribution in [-0.2, 0) is 9.53 Å². The van der Waals surface area contributed by atoms with Crippen LogP contribution in [0.2, 0.25) is 0 Å². The van der Waals surface area contributed by atoms with Gasteiger partial charge in [0, 0.05) is 31.2 Å². The lowest BCUT2D eigenvalue weighted by molar-refractivity contribution is -0.139. The SMILES string of the molecule is CC(C)COC1CC(NC(C)C(=O)N2CCCC2)C1(C)C. The van der Waals surface area contributed by atoms with Crippen LogP contribution in [0.3, 0.4) is 0 Å². The third kappa shape index (κ3) is 3.78. The summed E-state index contributed by atoms with van der Waals surface area (Å²) < 4.78 is 5.99. The molecule has 1 aliphatic heterocycles. The van der Waals surface area contributed by atoms with Gasteiger partial charge in [-0.15, -0.1) is 0 Å². The summed E-state index contributed by atoms with van der Waals surface area (Å²) in [6.07, 6.45) is 3.63. The van der Waals surface area contributed by atoms with Crippen molar-refractivity contribution in [3.05, 3.63) is 0 Å². The first-order valence-corrected chi connectivity index (χ1v) is 8.48. The van der Waals surface area contributed by atoms with Gasteiger partial charge in [-0.3, -0.25) is 4.79 Å². The second-order valence-corrected chi connectivity index (χ2v) is 7.75. The lowest BCUT2D eigenvalue weighted by atomic mass is 9.64. The molecule has 1 saturated carbocycles.